The first-order chi connectivity index (χ1) is 10.3. The molecular formula is C16H26N4O2. The summed E-state index contributed by atoms with van der Waals surface area (Å²) in [6.07, 6.45) is 1.75. The molecule has 1 aliphatic heterocycles. The number of hydrogen-bond donors (Lipinski definition) is 1. The van der Waals surface area contributed by atoms with Crippen molar-refractivity contribution in [3.8, 4) is 0 Å². The standard InChI is InChI=1S/C16H26N4O2/c1-12-5-6-14(19-18-12)17-11-13-7-9-20(10-8-13)15(21)22-16(2,3)4/h5-6,13H,7-11H2,1-4H3,(H,17,19). The van der Waals surface area contributed by atoms with E-state index in [0.717, 1.165) is 44.0 Å². The van der Waals surface area contributed by atoms with Gasteiger partial charge in [0.1, 0.15) is 11.4 Å². The first-order valence-electron chi connectivity index (χ1n) is 7.85. The minimum absolute atomic E-state index is 0.205. The van der Waals surface area contributed by atoms with Gasteiger partial charge in [-0.15, -0.1) is 5.10 Å². The van der Waals surface area contributed by atoms with Gasteiger partial charge in [-0.3, -0.25) is 0 Å². The molecule has 22 heavy (non-hydrogen) atoms. The average Bonchev–Trinajstić information content (AvgIpc) is 2.45. The van der Waals surface area contributed by atoms with E-state index < -0.39 is 5.60 Å². The third-order valence-electron chi connectivity index (χ3n) is 3.64. The first kappa shape index (κ1) is 16.5. The van der Waals surface area contributed by atoms with E-state index >= 15 is 0 Å². The molecule has 0 unspecified atom stereocenters. The summed E-state index contributed by atoms with van der Waals surface area (Å²) in [7, 11) is 0. The van der Waals surface area contributed by atoms with Crippen LogP contribution in [-0.2, 0) is 4.74 Å². The summed E-state index contributed by atoms with van der Waals surface area (Å²) in [6.45, 7) is 9.96. The predicted molar refractivity (Wildman–Crippen MR) is 85.8 cm³/mol. The number of nitrogens with one attached hydrogen (secondary N) is 1. The number of aromatic nitrogens is 2. The van der Waals surface area contributed by atoms with Crippen LogP contribution in [0.5, 0.6) is 0 Å². The molecule has 6 heteroatoms. The lowest BCUT2D eigenvalue weighted by atomic mass is 9.97. The molecule has 1 fully saturated rings. The lowest BCUT2D eigenvalue weighted by Crippen LogP contribution is -2.42. The highest BCUT2D eigenvalue weighted by atomic mass is 16.6. The monoisotopic (exact) mass is 306 g/mol. The van der Waals surface area contributed by atoms with E-state index in [1.165, 1.54) is 0 Å². The second-order valence-corrected chi connectivity index (χ2v) is 6.85. The van der Waals surface area contributed by atoms with Crippen molar-refractivity contribution >= 4 is 11.9 Å². The van der Waals surface area contributed by atoms with Crippen molar-refractivity contribution in [2.24, 2.45) is 5.92 Å². The molecule has 2 heterocycles. The third-order valence-corrected chi connectivity index (χ3v) is 3.64. The molecule has 0 aliphatic carbocycles. The molecule has 0 spiro atoms. The van der Waals surface area contributed by atoms with Crippen LogP contribution in [0.25, 0.3) is 0 Å². The number of anilines is 1. The maximum Gasteiger partial charge on any atom is 0.410 e. The quantitative estimate of drug-likeness (QED) is 0.930. The zero-order valence-corrected chi connectivity index (χ0v) is 13.9. The molecule has 2 rings (SSSR count). The molecule has 1 saturated heterocycles. The van der Waals surface area contributed by atoms with Crippen molar-refractivity contribution in [3.05, 3.63) is 17.8 Å². The summed E-state index contributed by atoms with van der Waals surface area (Å²) in [5.74, 6) is 1.35. The normalized spacial score (nSPS) is 16.5. The predicted octanol–water partition coefficient (Wildman–Crippen LogP) is 2.84. The lowest BCUT2D eigenvalue weighted by Gasteiger charge is -2.33. The van der Waals surface area contributed by atoms with Crippen molar-refractivity contribution in [1.29, 1.82) is 0 Å². The van der Waals surface area contributed by atoms with Crippen LogP contribution in [0, 0.1) is 12.8 Å². The Balaban J connectivity index is 1.73. The number of carbonyl (C=O) groups excluding carboxylic acids is 1. The molecule has 1 aliphatic rings. The van der Waals surface area contributed by atoms with Gasteiger partial charge in [-0.05, 0) is 58.6 Å². The maximum atomic E-state index is 12.0. The Labute approximate surface area is 132 Å². The van der Waals surface area contributed by atoms with E-state index in [2.05, 4.69) is 15.5 Å². The largest absolute Gasteiger partial charge is 0.444 e. The van der Waals surface area contributed by atoms with E-state index in [4.69, 9.17) is 4.74 Å². The highest BCUT2D eigenvalue weighted by molar-refractivity contribution is 5.68. The number of piperidine rings is 1. The third kappa shape index (κ3) is 5.16. The van der Waals surface area contributed by atoms with Gasteiger partial charge in [-0.2, -0.15) is 5.10 Å². The number of carbonyl (C=O) groups is 1. The fourth-order valence-electron chi connectivity index (χ4n) is 2.39. The number of amides is 1. The smallest absolute Gasteiger partial charge is 0.410 e. The van der Waals surface area contributed by atoms with Crippen molar-refractivity contribution in [3.63, 3.8) is 0 Å². The molecule has 1 aromatic heterocycles. The maximum absolute atomic E-state index is 12.0. The average molecular weight is 306 g/mol. The van der Waals surface area contributed by atoms with Crippen LogP contribution < -0.4 is 5.32 Å². The number of likely N-dealkylation sites (tertiary alicyclic amines) is 1. The number of nitrogens with zero attached hydrogens (tertiary/aromatic N) is 3. The first-order valence-corrected chi connectivity index (χ1v) is 7.85. The molecule has 1 N–H and O–H groups in total. The Bertz CT molecular complexity index is 488. The van der Waals surface area contributed by atoms with E-state index in [-0.39, 0.29) is 6.09 Å². The molecule has 0 radical (unpaired) electrons. The van der Waals surface area contributed by atoms with Gasteiger partial charge >= 0.3 is 6.09 Å². The van der Waals surface area contributed by atoms with Gasteiger partial charge in [0.05, 0.1) is 5.69 Å². The zero-order valence-electron chi connectivity index (χ0n) is 13.9. The van der Waals surface area contributed by atoms with E-state index in [9.17, 15) is 4.79 Å². The Kier molecular flexibility index (Phi) is 5.21. The summed E-state index contributed by atoms with van der Waals surface area (Å²) >= 11 is 0. The number of hydrogen-bond acceptors (Lipinski definition) is 5. The minimum Gasteiger partial charge on any atom is -0.444 e. The van der Waals surface area contributed by atoms with Crippen LogP contribution in [0.1, 0.15) is 39.3 Å². The Morgan fingerprint density at radius 3 is 2.55 bits per heavy atom. The lowest BCUT2D eigenvalue weighted by molar-refractivity contribution is 0.0188. The fourth-order valence-corrected chi connectivity index (χ4v) is 2.39. The van der Waals surface area contributed by atoms with Crippen LogP contribution in [0.15, 0.2) is 12.1 Å². The van der Waals surface area contributed by atoms with Gasteiger partial charge in [-0.25, -0.2) is 4.79 Å². The minimum atomic E-state index is -0.431. The summed E-state index contributed by atoms with van der Waals surface area (Å²) in [5.41, 5.74) is 0.482. The van der Waals surface area contributed by atoms with Gasteiger partial charge < -0.3 is 15.0 Å². The van der Waals surface area contributed by atoms with E-state index in [1.54, 1.807) is 4.90 Å². The summed E-state index contributed by atoms with van der Waals surface area (Å²) in [5, 5.41) is 11.4. The van der Waals surface area contributed by atoms with Gasteiger partial charge in [-0.1, -0.05) is 0 Å². The molecular weight excluding hydrogens is 280 g/mol. The van der Waals surface area contributed by atoms with Crippen molar-refractivity contribution < 1.29 is 9.53 Å². The summed E-state index contributed by atoms with van der Waals surface area (Å²) < 4.78 is 5.41. The van der Waals surface area contributed by atoms with Crippen molar-refractivity contribution in [2.45, 2.75) is 46.1 Å². The Hall–Kier alpha value is -1.85. The second-order valence-electron chi connectivity index (χ2n) is 6.85. The molecule has 0 saturated carbocycles. The van der Waals surface area contributed by atoms with E-state index in [0.29, 0.717) is 5.92 Å². The SMILES string of the molecule is Cc1ccc(NCC2CCN(C(=O)OC(C)(C)C)CC2)nn1. The molecule has 6 nitrogen and oxygen atoms in total. The van der Waals surface area contributed by atoms with Crippen LogP contribution in [-0.4, -0.2) is 46.4 Å². The van der Waals surface area contributed by atoms with Crippen molar-refractivity contribution in [1.82, 2.24) is 15.1 Å². The van der Waals surface area contributed by atoms with E-state index in [1.807, 2.05) is 39.8 Å². The Morgan fingerprint density at radius 2 is 2.00 bits per heavy atom. The molecule has 0 bridgehead atoms. The number of ether oxygens (including phenoxy) is 1. The van der Waals surface area contributed by atoms with Crippen LogP contribution in [0.4, 0.5) is 10.6 Å². The molecule has 0 atom stereocenters. The second kappa shape index (κ2) is 6.94. The number of aryl methyl sites for hydroxylation is 1. The Morgan fingerprint density at radius 1 is 1.32 bits per heavy atom. The van der Waals surface area contributed by atoms with Crippen LogP contribution >= 0.6 is 0 Å². The van der Waals surface area contributed by atoms with Crippen molar-refractivity contribution in [2.75, 3.05) is 25.0 Å². The van der Waals surface area contributed by atoms with Crippen LogP contribution in [0.2, 0.25) is 0 Å². The fraction of sp³-hybridized carbons (Fsp3) is 0.688. The van der Waals surface area contributed by atoms with Gasteiger partial charge in [0.25, 0.3) is 0 Å². The van der Waals surface area contributed by atoms with Gasteiger partial charge in [0.2, 0.25) is 0 Å². The van der Waals surface area contributed by atoms with Gasteiger partial charge in [0.15, 0.2) is 0 Å². The molecule has 122 valence electrons. The molecule has 0 aromatic carbocycles. The zero-order chi connectivity index (χ0) is 16.2. The summed E-state index contributed by atoms with van der Waals surface area (Å²) in [4.78, 5) is 13.8. The summed E-state index contributed by atoms with van der Waals surface area (Å²) in [6, 6.07) is 3.89. The molecule has 1 amide bonds. The van der Waals surface area contributed by atoms with Crippen LogP contribution in [0.3, 0.4) is 0 Å². The number of rotatable bonds is 3. The highest BCUT2D eigenvalue weighted by Crippen LogP contribution is 2.20. The topological polar surface area (TPSA) is 67.4 Å². The molecule has 1 aromatic rings. The highest BCUT2D eigenvalue weighted by Gasteiger charge is 2.26. The van der Waals surface area contributed by atoms with Gasteiger partial charge in [0, 0.05) is 19.6 Å².